The van der Waals surface area contributed by atoms with E-state index < -0.39 is 23.9 Å². The van der Waals surface area contributed by atoms with Crippen molar-refractivity contribution < 1.29 is 66.6 Å². The molecule has 0 saturated carbocycles. The van der Waals surface area contributed by atoms with Gasteiger partial charge in [0.25, 0.3) is 0 Å². The van der Waals surface area contributed by atoms with Gasteiger partial charge in [-0.15, -0.1) is 0 Å². The quantitative estimate of drug-likeness (QED) is 0.0445. The van der Waals surface area contributed by atoms with E-state index >= 15 is 0 Å². The second kappa shape index (κ2) is 41.1. The molecule has 21 nitrogen and oxygen atoms in total. The molecule has 6 N–H and O–H groups in total. The van der Waals surface area contributed by atoms with Crippen LogP contribution < -0.4 is 27.0 Å². The highest BCUT2D eigenvalue weighted by Crippen LogP contribution is 2.08. The first-order valence-electron chi connectivity index (χ1n) is 22.4. The van der Waals surface area contributed by atoms with E-state index in [4.69, 9.17) is 48.4 Å². The maximum atomic E-state index is 12.4. The van der Waals surface area contributed by atoms with Crippen molar-refractivity contribution in [2.24, 2.45) is 11.7 Å². The second-order valence-corrected chi connectivity index (χ2v) is 14.8. The van der Waals surface area contributed by atoms with Crippen LogP contribution in [0.25, 0.3) is 0 Å². The summed E-state index contributed by atoms with van der Waals surface area (Å²) in [4.78, 5) is 68.1. The van der Waals surface area contributed by atoms with E-state index in [1.54, 1.807) is 26.2 Å². The summed E-state index contributed by atoms with van der Waals surface area (Å²) >= 11 is 0. The lowest BCUT2D eigenvalue weighted by Crippen LogP contribution is -2.45. The molecule has 0 unspecified atom stereocenters. The topological polar surface area (TPSA) is 268 Å². The highest BCUT2D eigenvalue weighted by Gasteiger charge is 2.23. The normalized spacial score (nSPS) is 11.5. The van der Waals surface area contributed by atoms with Gasteiger partial charge >= 0.3 is 6.03 Å². The van der Waals surface area contributed by atoms with Crippen molar-refractivity contribution in [1.82, 2.24) is 31.2 Å². The van der Waals surface area contributed by atoms with Gasteiger partial charge < -0.3 is 69.6 Å². The molecule has 1 atom stereocenters. The zero-order chi connectivity index (χ0) is 47.6. The van der Waals surface area contributed by atoms with Crippen LogP contribution in [0.4, 0.5) is 4.79 Å². The highest BCUT2D eigenvalue weighted by molar-refractivity contribution is 5.90. The zero-order valence-electron chi connectivity index (χ0n) is 39.0. The molecule has 0 aromatic carbocycles. The minimum Gasteiger partial charge on any atom is -0.377 e. The molecular formula is C44H75N7O14. The number of nitrogens with two attached hydrogens (primary N) is 1. The Balaban J connectivity index is 1.79. The lowest BCUT2D eigenvalue weighted by atomic mass is 9.98. The van der Waals surface area contributed by atoms with Crippen molar-refractivity contribution in [2.45, 2.75) is 71.8 Å². The van der Waals surface area contributed by atoms with Crippen molar-refractivity contribution >= 4 is 29.5 Å². The molecule has 1 rings (SSSR count). The van der Waals surface area contributed by atoms with Crippen LogP contribution in [-0.4, -0.2) is 184 Å². The van der Waals surface area contributed by atoms with Crippen LogP contribution in [0.2, 0.25) is 0 Å². The molecule has 0 bridgehead atoms. The number of hydrogen-bond acceptors (Lipinski definition) is 16. The Morgan fingerprint density at radius 3 is 1.46 bits per heavy atom. The van der Waals surface area contributed by atoms with Crippen LogP contribution in [0.15, 0.2) is 12.4 Å². The summed E-state index contributed by atoms with van der Waals surface area (Å²) < 4.78 is 49.0. The number of hydrogen-bond donors (Lipinski definition) is 5. The molecule has 1 aromatic heterocycles. The Bertz CT molecular complexity index is 1480. The number of carbonyl (C=O) groups is 5. The van der Waals surface area contributed by atoms with Crippen molar-refractivity contribution in [1.29, 1.82) is 0 Å². The van der Waals surface area contributed by atoms with E-state index in [0.717, 1.165) is 11.4 Å². The SMILES string of the molecule is CC(C)C(=O)[C@H](CCCNC(N)=O)NC(=O)COCC(=O)NCCOCCOCCOCCOCCOCCOCCOCCOCCNC(=O)CCCC#Cc1cnc(C(C)C)nc1. The second-order valence-electron chi connectivity index (χ2n) is 14.8. The van der Waals surface area contributed by atoms with Crippen molar-refractivity contribution in [3.63, 3.8) is 0 Å². The number of ketones is 1. The molecule has 65 heavy (non-hydrogen) atoms. The molecule has 0 aliphatic carbocycles. The Morgan fingerprint density at radius 1 is 0.569 bits per heavy atom. The molecule has 5 amide bonds. The largest absolute Gasteiger partial charge is 0.377 e. The summed E-state index contributed by atoms with van der Waals surface area (Å²) in [5, 5.41) is 10.5. The molecule has 0 aliphatic heterocycles. The van der Waals surface area contributed by atoms with E-state index in [9.17, 15) is 24.0 Å². The number of Topliss-reactive ketones (excluding diaryl/α,β-unsaturated/α-hetero) is 1. The fourth-order valence-corrected chi connectivity index (χ4v) is 5.19. The number of primary amides is 1. The van der Waals surface area contributed by atoms with E-state index in [0.29, 0.717) is 138 Å². The molecule has 0 radical (unpaired) electrons. The minimum atomic E-state index is -0.733. The Labute approximate surface area is 384 Å². The van der Waals surface area contributed by atoms with Crippen molar-refractivity contribution in [3.8, 4) is 11.8 Å². The molecule has 370 valence electrons. The van der Waals surface area contributed by atoms with Gasteiger partial charge in [-0.3, -0.25) is 19.2 Å². The third kappa shape index (κ3) is 36.5. The minimum absolute atomic E-state index is 0.0240. The number of nitrogens with zero attached hydrogens (tertiary/aromatic N) is 2. The summed E-state index contributed by atoms with van der Waals surface area (Å²) in [6.07, 6.45) is 5.94. The van der Waals surface area contributed by atoms with E-state index in [1.165, 1.54) is 0 Å². The van der Waals surface area contributed by atoms with Crippen LogP contribution >= 0.6 is 0 Å². The maximum Gasteiger partial charge on any atom is 0.312 e. The van der Waals surface area contributed by atoms with Gasteiger partial charge in [-0.05, 0) is 19.3 Å². The maximum absolute atomic E-state index is 12.4. The van der Waals surface area contributed by atoms with Gasteiger partial charge in [0.05, 0.1) is 117 Å². The van der Waals surface area contributed by atoms with Gasteiger partial charge in [0, 0.05) is 56.7 Å². The number of unbranched alkanes of at least 4 members (excludes halogenated alkanes) is 1. The zero-order valence-corrected chi connectivity index (χ0v) is 39.0. The molecule has 0 fully saturated rings. The summed E-state index contributed by atoms with van der Waals surface area (Å²) in [6, 6.07) is -1.39. The molecule has 0 saturated heterocycles. The number of aromatic nitrogens is 2. The summed E-state index contributed by atoms with van der Waals surface area (Å²) in [5.74, 6) is 5.77. The third-order valence-corrected chi connectivity index (χ3v) is 8.55. The third-order valence-electron chi connectivity index (χ3n) is 8.55. The Morgan fingerprint density at radius 2 is 1.02 bits per heavy atom. The molecule has 21 heteroatoms. The molecule has 0 spiro atoms. The van der Waals surface area contributed by atoms with E-state index in [-0.39, 0.29) is 56.4 Å². The van der Waals surface area contributed by atoms with Crippen LogP contribution in [0.1, 0.15) is 77.1 Å². The van der Waals surface area contributed by atoms with Crippen molar-refractivity contribution in [3.05, 3.63) is 23.8 Å². The summed E-state index contributed by atoms with van der Waals surface area (Å²) in [6.45, 7) is 14.4. The first kappa shape index (κ1) is 58.6. The van der Waals surface area contributed by atoms with Crippen molar-refractivity contribution in [2.75, 3.05) is 139 Å². The smallest absolute Gasteiger partial charge is 0.312 e. The number of urea groups is 1. The summed E-state index contributed by atoms with van der Waals surface area (Å²) in [5.41, 5.74) is 5.81. The van der Waals surface area contributed by atoms with Gasteiger partial charge in [-0.25, -0.2) is 14.8 Å². The predicted octanol–water partition coefficient (Wildman–Crippen LogP) is 0.662. The van der Waals surface area contributed by atoms with Crippen LogP contribution in [0.3, 0.4) is 0 Å². The van der Waals surface area contributed by atoms with Gasteiger partial charge in [-0.2, -0.15) is 0 Å². The number of amides is 5. The fraction of sp³-hybridized carbons (Fsp3) is 0.750. The molecular weight excluding hydrogens is 851 g/mol. The molecule has 1 aromatic rings. The van der Waals surface area contributed by atoms with Gasteiger partial charge in [0.2, 0.25) is 17.7 Å². The van der Waals surface area contributed by atoms with Crippen LogP contribution in [-0.2, 0) is 61.8 Å². The number of carbonyl (C=O) groups excluding carboxylic acids is 5. The highest BCUT2D eigenvalue weighted by atomic mass is 16.6. The predicted molar refractivity (Wildman–Crippen MR) is 239 cm³/mol. The molecule has 1 heterocycles. The lowest BCUT2D eigenvalue weighted by Gasteiger charge is -2.19. The van der Waals surface area contributed by atoms with E-state index in [2.05, 4.69) is 43.1 Å². The van der Waals surface area contributed by atoms with Crippen LogP contribution in [0.5, 0.6) is 0 Å². The Hall–Kier alpha value is -4.37. The van der Waals surface area contributed by atoms with E-state index in [1.807, 2.05) is 13.8 Å². The van der Waals surface area contributed by atoms with Gasteiger partial charge in [0.1, 0.15) is 19.0 Å². The summed E-state index contributed by atoms with van der Waals surface area (Å²) in [7, 11) is 0. The first-order chi connectivity index (χ1) is 31.5. The standard InChI is InChI=1S/C44H75N7O14/c1-35(2)42(55)38(10-8-12-48-44(45)56)51-41(54)34-65-33-40(53)47-14-16-58-18-20-60-22-24-62-26-28-64-30-29-63-27-25-61-23-21-59-19-17-57-15-13-46-39(52)11-7-5-6-9-37-31-49-43(36(3)4)50-32-37/h31-32,35-36,38H,5,7-8,10-30,33-34H2,1-4H3,(H,46,52)(H,47,53)(H,51,54)(H3,45,48,56)/t38-/m0/s1. The monoisotopic (exact) mass is 926 g/mol. The first-order valence-corrected chi connectivity index (χ1v) is 22.4. The average Bonchev–Trinajstić information content (AvgIpc) is 3.27. The van der Waals surface area contributed by atoms with Gasteiger partial charge in [-0.1, -0.05) is 39.5 Å². The van der Waals surface area contributed by atoms with Crippen LogP contribution in [0, 0.1) is 17.8 Å². The fourth-order valence-electron chi connectivity index (χ4n) is 5.19. The number of rotatable bonds is 42. The lowest BCUT2D eigenvalue weighted by molar-refractivity contribution is -0.134. The number of ether oxygens (including phenoxy) is 9. The molecule has 0 aliphatic rings. The average molecular weight is 926 g/mol. The number of nitrogens with one attached hydrogen (secondary N) is 4. The van der Waals surface area contributed by atoms with Gasteiger partial charge in [0.15, 0.2) is 5.78 Å². The Kier molecular flexibility index (Phi) is 37.1.